The fraction of sp³-hybridized carbons (Fsp3) is 0.500. The third kappa shape index (κ3) is 3.70. The van der Waals surface area contributed by atoms with E-state index >= 15 is 0 Å². The molecule has 1 aliphatic carbocycles. The van der Waals surface area contributed by atoms with Crippen molar-refractivity contribution in [3.63, 3.8) is 0 Å². The zero-order valence-corrected chi connectivity index (χ0v) is 17.5. The molecule has 3 unspecified atom stereocenters. The van der Waals surface area contributed by atoms with Gasteiger partial charge in [0.1, 0.15) is 0 Å². The van der Waals surface area contributed by atoms with Crippen molar-refractivity contribution in [1.29, 1.82) is 0 Å². The van der Waals surface area contributed by atoms with Crippen LogP contribution in [0.3, 0.4) is 0 Å². The molecule has 4 aliphatic rings. The van der Waals surface area contributed by atoms with E-state index in [0.29, 0.717) is 25.9 Å². The first-order valence-electron chi connectivity index (χ1n) is 11.2. The second kappa shape index (κ2) is 7.88. The van der Waals surface area contributed by atoms with Crippen LogP contribution in [0.1, 0.15) is 5.56 Å². The highest BCUT2D eigenvalue weighted by atomic mass is 19.1. The zero-order chi connectivity index (χ0) is 20.8. The topological polar surface area (TPSA) is 46.2 Å². The molecule has 1 N–H and O–H groups in total. The summed E-state index contributed by atoms with van der Waals surface area (Å²) >= 11 is 0. The second-order valence-corrected chi connectivity index (χ2v) is 8.97. The van der Waals surface area contributed by atoms with E-state index in [2.05, 4.69) is 28.4 Å². The summed E-state index contributed by atoms with van der Waals surface area (Å²) in [4.78, 5) is 4.35. The highest BCUT2D eigenvalue weighted by Crippen LogP contribution is 2.52. The molecular formula is C24H28FN3O3. The number of nitrogens with zero attached hydrogens (tertiary/aromatic N) is 2. The predicted molar refractivity (Wildman–Crippen MR) is 116 cm³/mol. The van der Waals surface area contributed by atoms with E-state index in [1.807, 2.05) is 29.2 Å². The molecule has 6 rings (SSSR count). The van der Waals surface area contributed by atoms with E-state index in [9.17, 15) is 4.39 Å². The lowest BCUT2D eigenvalue weighted by Gasteiger charge is -2.33. The average molecular weight is 426 g/mol. The Morgan fingerprint density at radius 2 is 1.87 bits per heavy atom. The van der Waals surface area contributed by atoms with Crippen molar-refractivity contribution in [2.45, 2.75) is 12.8 Å². The van der Waals surface area contributed by atoms with Gasteiger partial charge in [0.05, 0.1) is 24.6 Å². The van der Waals surface area contributed by atoms with Gasteiger partial charge in [-0.05, 0) is 47.6 Å². The van der Waals surface area contributed by atoms with Gasteiger partial charge < -0.3 is 24.4 Å². The summed E-state index contributed by atoms with van der Waals surface area (Å²) < 4.78 is 30.5. The third-order valence-electron chi connectivity index (χ3n) is 7.10. The number of fused-ring (bicyclic) bond motifs is 2. The summed E-state index contributed by atoms with van der Waals surface area (Å²) in [7, 11) is 0. The maximum absolute atomic E-state index is 14.4. The summed E-state index contributed by atoms with van der Waals surface area (Å²) in [5.41, 5.74) is 3.24. The van der Waals surface area contributed by atoms with Crippen LogP contribution in [0.5, 0.6) is 11.5 Å². The number of nitrogens with one attached hydrogen (secondary N) is 1. The van der Waals surface area contributed by atoms with Gasteiger partial charge in [0.15, 0.2) is 17.8 Å². The summed E-state index contributed by atoms with van der Waals surface area (Å²) in [6.07, 6.45) is -1.08. The van der Waals surface area contributed by atoms with Gasteiger partial charge in [-0.25, -0.2) is 4.39 Å². The highest BCUT2D eigenvalue weighted by molar-refractivity contribution is 5.70. The molecule has 0 spiro atoms. The van der Waals surface area contributed by atoms with Crippen LogP contribution < -0.4 is 19.7 Å². The lowest BCUT2D eigenvalue weighted by molar-refractivity contribution is 0.0497. The molecule has 3 aliphatic heterocycles. The van der Waals surface area contributed by atoms with Gasteiger partial charge in [-0.3, -0.25) is 4.90 Å². The quantitative estimate of drug-likeness (QED) is 0.717. The summed E-state index contributed by atoms with van der Waals surface area (Å²) in [5.74, 6) is 3.91. The van der Waals surface area contributed by atoms with Crippen LogP contribution in [0.15, 0.2) is 42.5 Å². The Kier molecular flexibility index (Phi) is 4.88. The first kappa shape index (κ1) is 19.2. The van der Waals surface area contributed by atoms with Gasteiger partial charge in [0, 0.05) is 32.7 Å². The van der Waals surface area contributed by atoms with Crippen molar-refractivity contribution in [3.05, 3.63) is 48.0 Å². The minimum Gasteiger partial charge on any atom is -0.454 e. The monoisotopic (exact) mass is 425 g/mol. The van der Waals surface area contributed by atoms with Crippen molar-refractivity contribution in [2.75, 3.05) is 56.4 Å². The smallest absolute Gasteiger partial charge is 0.231 e. The molecule has 164 valence electrons. The molecule has 0 aromatic heterocycles. The van der Waals surface area contributed by atoms with Gasteiger partial charge in [0.2, 0.25) is 6.79 Å². The normalized spacial score (nSPS) is 29.1. The summed E-state index contributed by atoms with van der Waals surface area (Å²) in [6, 6.07) is 14.3. The maximum Gasteiger partial charge on any atom is 0.231 e. The number of rotatable bonds is 6. The number of benzene rings is 2. The Hall–Kier alpha value is -2.51. The number of likely N-dealkylation sites (tertiary alicyclic amines) is 1. The Bertz CT molecular complexity index is 945. The van der Waals surface area contributed by atoms with Gasteiger partial charge >= 0.3 is 0 Å². The maximum atomic E-state index is 14.4. The molecule has 0 radical (unpaired) electrons. The van der Waals surface area contributed by atoms with Crippen LogP contribution in [0.2, 0.25) is 0 Å². The molecule has 3 fully saturated rings. The van der Waals surface area contributed by atoms with Crippen LogP contribution in [0, 0.1) is 17.8 Å². The van der Waals surface area contributed by atoms with Crippen LogP contribution in [0.25, 0.3) is 0 Å². The minimum absolute atomic E-state index is 0.139. The first-order valence-corrected chi connectivity index (χ1v) is 11.2. The van der Waals surface area contributed by atoms with Crippen LogP contribution >= 0.6 is 0 Å². The SMILES string of the molecule is FC1COCCN1c1ccccc1NCC1C2CN(Cc3ccc4c(c3)OCO4)CC12. The molecule has 0 amide bonds. The molecule has 2 aromatic rings. The van der Waals surface area contributed by atoms with Crippen molar-refractivity contribution in [1.82, 2.24) is 4.90 Å². The number of hydrogen-bond acceptors (Lipinski definition) is 6. The van der Waals surface area contributed by atoms with E-state index in [-0.39, 0.29) is 6.61 Å². The average Bonchev–Trinajstić information content (AvgIpc) is 3.12. The number of piperidine rings is 1. The van der Waals surface area contributed by atoms with Crippen molar-refractivity contribution in [3.8, 4) is 11.5 Å². The molecule has 2 aromatic carbocycles. The largest absolute Gasteiger partial charge is 0.454 e. The molecule has 6 nitrogen and oxygen atoms in total. The Morgan fingerprint density at radius 1 is 1.03 bits per heavy atom. The molecule has 0 bridgehead atoms. The lowest BCUT2D eigenvalue weighted by Crippen LogP contribution is -2.43. The molecule has 31 heavy (non-hydrogen) atoms. The molecule has 2 saturated heterocycles. The van der Waals surface area contributed by atoms with Gasteiger partial charge in [-0.1, -0.05) is 18.2 Å². The number of anilines is 2. The van der Waals surface area contributed by atoms with Gasteiger partial charge in [-0.15, -0.1) is 0 Å². The number of para-hydroxylation sites is 2. The fourth-order valence-electron chi connectivity index (χ4n) is 5.41. The molecule has 3 heterocycles. The first-order chi connectivity index (χ1) is 15.3. The van der Waals surface area contributed by atoms with Crippen LogP contribution in [0.4, 0.5) is 15.8 Å². The number of ether oxygens (including phenoxy) is 3. The van der Waals surface area contributed by atoms with Gasteiger partial charge in [-0.2, -0.15) is 0 Å². The number of morpholine rings is 1. The minimum atomic E-state index is -1.08. The standard InChI is InChI=1S/C24H28FN3O3/c25-24-14-29-8-7-28(24)21-4-2-1-3-20(21)26-10-17-18-12-27(13-19(17)18)11-16-5-6-22-23(9-16)31-15-30-22/h1-6,9,17-19,24,26H,7-8,10-15H2. The van der Waals surface area contributed by atoms with E-state index < -0.39 is 6.30 Å². The Labute approximate surface area is 181 Å². The molecular weight excluding hydrogens is 397 g/mol. The zero-order valence-electron chi connectivity index (χ0n) is 17.5. The second-order valence-electron chi connectivity index (χ2n) is 8.97. The number of hydrogen-bond donors (Lipinski definition) is 1. The molecule has 1 saturated carbocycles. The predicted octanol–water partition coefficient (Wildman–Crippen LogP) is 3.34. The molecule has 3 atom stereocenters. The van der Waals surface area contributed by atoms with E-state index in [1.54, 1.807) is 0 Å². The van der Waals surface area contributed by atoms with Crippen molar-refractivity contribution >= 4 is 11.4 Å². The summed E-state index contributed by atoms with van der Waals surface area (Å²) in [6.45, 7) is 5.81. The molecule has 7 heteroatoms. The third-order valence-corrected chi connectivity index (χ3v) is 7.10. The van der Waals surface area contributed by atoms with Gasteiger partial charge in [0.25, 0.3) is 0 Å². The number of halogens is 1. The van der Waals surface area contributed by atoms with Crippen molar-refractivity contribution < 1.29 is 18.6 Å². The highest BCUT2D eigenvalue weighted by Gasteiger charge is 2.54. The Morgan fingerprint density at radius 3 is 2.74 bits per heavy atom. The van der Waals surface area contributed by atoms with E-state index in [4.69, 9.17) is 14.2 Å². The lowest BCUT2D eigenvalue weighted by atomic mass is 10.1. The Balaban J connectivity index is 1.03. The van der Waals surface area contributed by atoms with Crippen LogP contribution in [-0.2, 0) is 11.3 Å². The van der Waals surface area contributed by atoms with Crippen molar-refractivity contribution in [2.24, 2.45) is 17.8 Å². The number of alkyl halides is 1. The van der Waals surface area contributed by atoms with E-state index in [0.717, 1.165) is 60.9 Å². The van der Waals surface area contributed by atoms with E-state index in [1.165, 1.54) is 5.56 Å². The summed E-state index contributed by atoms with van der Waals surface area (Å²) in [5, 5.41) is 3.62. The van der Waals surface area contributed by atoms with Crippen LogP contribution in [-0.4, -0.2) is 57.4 Å². The fourth-order valence-corrected chi connectivity index (χ4v) is 5.41.